The first kappa shape index (κ1) is 15.4. The van der Waals surface area contributed by atoms with Gasteiger partial charge < -0.3 is 15.1 Å². The highest BCUT2D eigenvalue weighted by Crippen LogP contribution is 2.15. The second-order valence-corrected chi connectivity index (χ2v) is 5.55. The van der Waals surface area contributed by atoms with E-state index in [0.29, 0.717) is 11.8 Å². The van der Waals surface area contributed by atoms with E-state index in [1.807, 2.05) is 4.90 Å². The fourth-order valence-electron chi connectivity index (χ4n) is 2.51. The van der Waals surface area contributed by atoms with Crippen LogP contribution in [0.25, 0.3) is 0 Å². The monoisotopic (exact) mass is 255 g/mol. The Hall–Kier alpha value is -0.610. The highest BCUT2D eigenvalue weighted by atomic mass is 16.2. The lowest BCUT2D eigenvalue weighted by Crippen LogP contribution is -2.37. The average molecular weight is 255 g/mol. The Labute approximate surface area is 112 Å². The lowest BCUT2D eigenvalue weighted by molar-refractivity contribution is -0.132. The fraction of sp³-hybridized carbons (Fsp3) is 0.929. The van der Waals surface area contributed by atoms with E-state index in [1.165, 1.54) is 12.8 Å². The fourth-order valence-corrected chi connectivity index (χ4v) is 2.51. The molecule has 0 saturated carbocycles. The van der Waals surface area contributed by atoms with Crippen LogP contribution in [0.15, 0.2) is 0 Å². The molecule has 1 rings (SSSR count). The molecule has 1 atom stereocenters. The van der Waals surface area contributed by atoms with Crippen molar-refractivity contribution in [3.8, 4) is 0 Å². The molecule has 1 saturated heterocycles. The number of hydrogen-bond donors (Lipinski definition) is 1. The molecule has 1 heterocycles. The number of amides is 1. The highest BCUT2D eigenvalue weighted by Gasteiger charge is 2.19. The van der Waals surface area contributed by atoms with E-state index in [0.717, 1.165) is 45.6 Å². The van der Waals surface area contributed by atoms with Crippen LogP contribution in [-0.2, 0) is 4.79 Å². The molecular formula is C14H29N3O. The number of hydrogen-bond acceptors (Lipinski definition) is 3. The molecule has 4 heteroatoms. The number of piperidine rings is 1. The summed E-state index contributed by atoms with van der Waals surface area (Å²) in [5, 5.41) is 3.38. The van der Waals surface area contributed by atoms with Gasteiger partial charge in [-0.25, -0.2) is 0 Å². The molecule has 1 aliphatic rings. The molecule has 0 aliphatic carbocycles. The van der Waals surface area contributed by atoms with Gasteiger partial charge in [-0.3, -0.25) is 4.79 Å². The number of nitrogens with zero attached hydrogens (tertiary/aromatic N) is 2. The molecule has 1 amide bonds. The minimum atomic E-state index is 0.338. The summed E-state index contributed by atoms with van der Waals surface area (Å²) < 4.78 is 0. The van der Waals surface area contributed by atoms with Crippen LogP contribution in [-0.4, -0.2) is 62.5 Å². The molecule has 0 bridgehead atoms. The van der Waals surface area contributed by atoms with Crippen molar-refractivity contribution in [3.05, 3.63) is 0 Å². The van der Waals surface area contributed by atoms with Crippen LogP contribution in [0.4, 0.5) is 0 Å². The van der Waals surface area contributed by atoms with Crippen LogP contribution in [0.5, 0.6) is 0 Å². The standard InChI is InChI=1S/C14H29N3O/c1-4-17(10-6-9-16(2)3)14(18)11-13-7-5-8-15-12-13/h13,15H,4-12H2,1-3H3. The molecule has 1 aliphatic heterocycles. The van der Waals surface area contributed by atoms with Gasteiger partial charge in [0.2, 0.25) is 5.91 Å². The maximum atomic E-state index is 12.2. The first-order chi connectivity index (χ1) is 8.63. The third kappa shape index (κ3) is 5.83. The Kier molecular flexibility index (Phi) is 7.28. The summed E-state index contributed by atoms with van der Waals surface area (Å²) in [6, 6.07) is 0. The minimum Gasteiger partial charge on any atom is -0.343 e. The quantitative estimate of drug-likeness (QED) is 0.742. The summed E-state index contributed by atoms with van der Waals surface area (Å²) in [5.74, 6) is 0.888. The van der Waals surface area contributed by atoms with E-state index >= 15 is 0 Å². The summed E-state index contributed by atoms with van der Waals surface area (Å²) in [7, 11) is 4.15. The molecule has 0 spiro atoms. The van der Waals surface area contributed by atoms with Gasteiger partial charge in [0.1, 0.15) is 0 Å². The Balaban J connectivity index is 2.27. The van der Waals surface area contributed by atoms with Crippen LogP contribution in [0, 0.1) is 5.92 Å². The Morgan fingerprint density at radius 1 is 1.33 bits per heavy atom. The van der Waals surface area contributed by atoms with Crippen molar-refractivity contribution in [3.63, 3.8) is 0 Å². The maximum absolute atomic E-state index is 12.2. The zero-order chi connectivity index (χ0) is 13.4. The van der Waals surface area contributed by atoms with Gasteiger partial charge in [0.25, 0.3) is 0 Å². The Morgan fingerprint density at radius 2 is 2.11 bits per heavy atom. The van der Waals surface area contributed by atoms with Gasteiger partial charge in [-0.15, -0.1) is 0 Å². The first-order valence-electron chi connectivity index (χ1n) is 7.26. The first-order valence-corrected chi connectivity index (χ1v) is 7.26. The molecule has 0 radical (unpaired) electrons. The smallest absolute Gasteiger partial charge is 0.222 e. The van der Waals surface area contributed by atoms with Crippen molar-refractivity contribution in [2.45, 2.75) is 32.6 Å². The predicted octanol–water partition coefficient (Wildman–Crippen LogP) is 1.18. The van der Waals surface area contributed by atoms with E-state index in [9.17, 15) is 4.79 Å². The Morgan fingerprint density at radius 3 is 2.67 bits per heavy atom. The molecular weight excluding hydrogens is 226 g/mol. The lowest BCUT2D eigenvalue weighted by atomic mass is 9.95. The van der Waals surface area contributed by atoms with Gasteiger partial charge in [-0.05, 0) is 65.8 Å². The molecule has 1 fully saturated rings. The molecule has 0 aromatic carbocycles. The zero-order valence-electron chi connectivity index (χ0n) is 12.2. The van der Waals surface area contributed by atoms with Crippen molar-refractivity contribution in [1.29, 1.82) is 0 Å². The predicted molar refractivity (Wildman–Crippen MR) is 75.6 cm³/mol. The summed E-state index contributed by atoms with van der Waals surface area (Å²) in [4.78, 5) is 16.4. The summed E-state index contributed by atoms with van der Waals surface area (Å²) in [5.41, 5.74) is 0. The van der Waals surface area contributed by atoms with Gasteiger partial charge in [0, 0.05) is 19.5 Å². The topological polar surface area (TPSA) is 35.6 Å². The lowest BCUT2D eigenvalue weighted by Gasteiger charge is -2.27. The van der Waals surface area contributed by atoms with E-state index in [1.54, 1.807) is 0 Å². The molecule has 4 nitrogen and oxygen atoms in total. The second kappa shape index (κ2) is 8.48. The van der Waals surface area contributed by atoms with Gasteiger partial charge in [-0.1, -0.05) is 0 Å². The highest BCUT2D eigenvalue weighted by molar-refractivity contribution is 5.76. The summed E-state index contributed by atoms with van der Waals surface area (Å²) in [6.07, 6.45) is 4.21. The number of nitrogens with one attached hydrogen (secondary N) is 1. The van der Waals surface area contributed by atoms with Crippen LogP contribution in [0.2, 0.25) is 0 Å². The van der Waals surface area contributed by atoms with E-state index < -0.39 is 0 Å². The Bertz CT molecular complexity index is 237. The maximum Gasteiger partial charge on any atom is 0.222 e. The largest absolute Gasteiger partial charge is 0.343 e. The molecule has 0 aromatic heterocycles. The molecule has 1 unspecified atom stereocenters. The second-order valence-electron chi connectivity index (χ2n) is 5.55. The zero-order valence-corrected chi connectivity index (χ0v) is 12.2. The SMILES string of the molecule is CCN(CCCN(C)C)C(=O)CC1CCCNC1. The van der Waals surface area contributed by atoms with Crippen molar-refractivity contribution in [1.82, 2.24) is 15.1 Å². The van der Waals surface area contributed by atoms with Gasteiger partial charge >= 0.3 is 0 Å². The summed E-state index contributed by atoms with van der Waals surface area (Å²) in [6.45, 7) is 6.99. The van der Waals surface area contributed by atoms with Gasteiger partial charge in [0.05, 0.1) is 0 Å². The van der Waals surface area contributed by atoms with Crippen molar-refractivity contribution in [2.75, 3.05) is 46.8 Å². The number of rotatable bonds is 7. The molecule has 1 N–H and O–H groups in total. The normalized spacial score (nSPS) is 20.1. The average Bonchev–Trinajstić information content (AvgIpc) is 2.35. The minimum absolute atomic E-state index is 0.338. The van der Waals surface area contributed by atoms with Gasteiger partial charge in [0.15, 0.2) is 0 Å². The molecule has 18 heavy (non-hydrogen) atoms. The summed E-state index contributed by atoms with van der Waals surface area (Å²) >= 11 is 0. The van der Waals surface area contributed by atoms with E-state index in [-0.39, 0.29) is 0 Å². The third-order valence-electron chi connectivity index (χ3n) is 3.63. The van der Waals surface area contributed by atoms with Crippen LogP contribution < -0.4 is 5.32 Å². The van der Waals surface area contributed by atoms with Crippen molar-refractivity contribution in [2.24, 2.45) is 5.92 Å². The van der Waals surface area contributed by atoms with Crippen LogP contribution in [0.3, 0.4) is 0 Å². The van der Waals surface area contributed by atoms with E-state index in [2.05, 4.69) is 31.2 Å². The molecule has 106 valence electrons. The van der Waals surface area contributed by atoms with Gasteiger partial charge in [-0.2, -0.15) is 0 Å². The molecule has 0 aromatic rings. The van der Waals surface area contributed by atoms with Crippen LogP contribution in [0.1, 0.15) is 32.6 Å². The van der Waals surface area contributed by atoms with Crippen molar-refractivity contribution < 1.29 is 4.79 Å². The third-order valence-corrected chi connectivity index (χ3v) is 3.63. The van der Waals surface area contributed by atoms with Crippen LogP contribution >= 0.6 is 0 Å². The van der Waals surface area contributed by atoms with Crippen molar-refractivity contribution >= 4 is 5.91 Å². The number of carbonyl (C=O) groups is 1. The number of carbonyl (C=O) groups excluding carboxylic acids is 1. The van der Waals surface area contributed by atoms with E-state index in [4.69, 9.17) is 0 Å².